The van der Waals surface area contributed by atoms with Crippen LogP contribution in [0, 0.1) is 13.8 Å². The van der Waals surface area contributed by atoms with Gasteiger partial charge in [0.15, 0.2) is 0 Å². The van der Waals surface area contributed by atoms with E-state index in [9.17, 15) is 0 Å². The Bertz CT molecular complexity index is 1680. The number of anilines is 2. The van der Waals surface area contributed by atoms with Gasteiger partial charge >= 0.3 is 0 Å². The van der Waals surface area contributed by atoms with Gasteiger partial charge in [-0.1, -0.05) is 97.1 Å². The second kappa shape index (κ2) is 12.0. The molecule has 0 radical (unpaired) electrons. The summed E-state index contributed by atoms with van der Waals surface area (Å²) in [6.45, 7) is 4.08. The van der Waals surface area contributed by atoms with E-state index in [-0.39, 0.29) is 0 Å². The quantitative estimate of drug-likeness (QED) is 0.152. The number of ether oxygens (including phenoxy) is 2. The standard InChI is InChI=1S/C38H32N2O2/c1-27-21-31(25-33(23-27)41-37-19-11-9-17-35(37)29-13-5-3-6-14-29)40(39)32-22-28(2)24-34(26-32)42-38-20-12-10-18-36(38)30-15-7-4-8-16-30/h3-26H,39H2,1-2H3. The molecule has 0 aliphatic heterocycles. The van der Waals surface area contributed by atoms with Crippen molar-refractivity contribution in [3.8, 4) is 45.3 Å². The fraction of sp³-hybridized carbons (Fsp3) is 0.0526. The molecule has 42 heavy (non-hydrogen) atoms. The van der Waals surface area contributed by atoms with Crippen LogP contribution in [0.1, 0.15) is 11.1 Å². The Hall–Kier alpha value is -5.32. The van der Waals surface area contributed by atoms with E-state index in [1.165, 1.54) is 0 Å². The number of nitrogens with two attached hydrogens (primary N) is 1. The molecule has 4 nitrogen and oxygen atoms in total. The van der Waals surface area contributed by atoms with Crippen LogP contribution in [0.5, 0.6) is 23.0 Å². The molecular weight excluding hydrogens is 516 g/mol. The first-order valence-electron chi connectivity index (χ1n) is 14.0. The maximum absolute atomic E-state index is 6.74. The van der Waals surface area contributed by atoms with E-state index < -0.39 is 0 Å². The molecule has 206 valence electrons. The van der Waals surface area contributed by atoms with E-state index in [2.05, 4.69) is 36.4 Å². The molecule has 0 spiro atoms. The molecule has 0 bridgehead atoms. The predicted molar refractivity (Wildman–Crippen MR) is 173 cm³/mol. The van der Waals surface area contributed by atoms with Crippen molar-refractivity contribution in [2.24, 2.45) is 5.84 Å². The van der Waals surface area contributed by atoms with Crippen LogP contribution in [-0.2, 0) is 0 Å². The van der Waals surface area contributed by atoms with Crippen molar-refractivity contribution in [3.63, 3.8) is 0 Å². The fourth-order valence-corrected chi connectivity index (χ4v) is 5.08. The lowest BCUT2D eigenvalue weighted by molar-refractivity contribution is 0.484. The second-order valence-corrected chi connectivity index (χ2v) is 10.3. The van der Waals surface area contributed by atoms with E-state index in [1.54, 1.807) is 5.01 Å². The topological polar surface area (TPSA) is 47.7 Å². The minimum absolute atomic E-state index is 0.713. The molecular formula is C38H32N2O2. The van der Waals surface area contributed by atoms with Gasteiger partial charge in [0.25, 0.3) is 0 Å². The average molecular weight is 549 g/mol. The zero-order chi connectivity index (χ0) is 28.9. The second-order valence-electron chi connectivity index (χ2n) is 10.3. The number of rotatable bonds is 8. The first-order valence-corrected chi connectivity index (χ1v) is 14.0. The van der Waals surface area contributed by atoms with Crippen LogP contribution in [-0.4, -0.2) is 0 Å². The summed E-state index contributed by atoms with van der Waals surface area (Å²) in [5.41, 5.74) is 7.95. The molecule has 0 amide bonds. The Balaban J connectivity index is 1.29. The number of nitrogens with zero attached hydrogens (tertiary/aromatic N) is 1. The van der Waals surface area contributed by atoms with Crippen molar-refractivity contribution in [3.05, 3.63) is 157 Å². The number of hydrazine groups is 1. The van der Waals surface area contributed by atoms with Gasteiger partial charge in [-0.3, -0.25) is 5.01 Å². The summed E-state index contributed by atoms with van der Waals surface area (Å²) >= 11 is 0. The number of benzene rings is 6. The molecule has 0 aliphatic rings. The molecule has 0 unspecified atom stereocenters. The van der Waals surface area contributed by atoms with Crippen LogP contribution in [0.3, 0.4) is 0 Å². The smallest absolute Gasteiger partial charge is 0.135 e. The van der Waals surface area contributed by atoms with Crippen LogP contribution < -0.4 is 20.3 Å². The highest BCUT2D eigenvalue weighted by Crippen LogP contribution is 2.38. The third-order valence-corrected chi connectivity index (χ3v) is 7.03. The predicted octanol–water partition coefficient (Wildman–Crippen LogP) is 10.2. The van der Waals surface area contributed by atoms with Crippen molar-refractivity contribution in [2.75, 3.05) is 5.01 Å². The average Bonchev–Trinajstić information content (AvgIpc) is 3.01. The van der Waals surface area contributed by atoms with Gasteiger partial charge < -0.3 is 9.47 Å². The number of aryl methyl sites for hydroxylation is 2. The zero-order valence-corrected chi connectivity index (χ0v) is 23.7. The third-order valence-electron chi connectivity index (χ3n) is 7.03. The lowest BCUT2D eigenvalue weighted by atomic mass is 10.0. The Morgan fingerprint density at radius 1 is 0.452 bits per heavy atom. The maximum Gasteiger partial charge on any atom is 0.135 e. The minimum atomic E-state index is 0.713. The van der Waals surface area contributed by atoms with E-state index in [1.807, 2.05) is 123 Å². The zero-order valence-electron chi connectivity index (χ0n) is 23.7. The van der Waals surface area contributed by atoms with Crippen LogP contribution in [0.2, 0.25) is 0 Å². The first kappa shape index (κ1) is 26.9. The van der Waals surface area contributed by atoms with Crippen molar-refractivity contribution in [1.82, 2.24) is 0 Å². The Morgan fingerprint density at radius 2 is 0.833 bits per heavy atom. The fourth-order valence-electron chi connectivity index (χ4n) is 5.08. The normalized spacial score (nSPS) is 10.7. The molecule has 0 fully saturated rings. The van der Waals surface area contributed by atoms with Gasteiger partial charge in [0, 0.05) is 23.3 Å². The summed E-state index contributed by atoms with van der Waals surface area (Å²) in [6.07, 6.45) is 0. The molecule has 2 N–H and O–H groups in total. The number of hydrogen-bond acceptors (Lipinski definition) is 4. The lowest BCUT2D eigenvalue weighted by Gasteiger charge is -2.22. The molecule has 0 saturated carbocycles. The number of para-hydroxylation sites is 2. The van der Waals surface area contributed by atoms with Gasteiger partial charge in [-0.15, -0.1) is 0 Å². The molecule has 0 atom stereocenters. The van der Waals surface area contributed by atoms with E-state index in [0.29, 0.717) is 11.5 Å². The van der Waals surface area contributed by atoms with Crippen molar-refractivity contribution < 1.29 is 9.47 Å². The maximum atomic E-state index is 6.74. The van der Waals surface area contributed by atoms with Gasteiger partial charge in [-0.25, -0.2) is 5.84 Å². The molecule has 6 aromatic rings. The molecule has 6 aromatic carbocycles. The molecule has 0 aromatic heterocycles. The molecule has 0 aliphatic carbocycles. The van der Waals surface area contributed by atoms with Crippen LogP contribution in [0.15, 0.2) is 146 Å². The Labute approximate surface area is 247 Å². The summed E-state index contributed by atoms with van der Waals surface area (Å²) in [7, 11) is 0. The molecule has 6 rings (SSSR count). The summed E-state index contributed by atoms with van der Waals surface area (Å²) in [6, 6.07) is 48.7. The van der Waals surface area contributed by atoms with E-state index >= 15 is 0 Å². The van der Waals surface area contributed by atoms with E-state index in [4.69, 9.17) is 15.3 Å². The first-order chi connectivity index (χ1) is 20.5. The van der Waals surface area contributed by atoms with Gasteiger partial charge in [-0.05, 0) is 72.5 Å². The third kappa shape index (κ3) is 6.04. The SMILES string of the molecule is Cc1cc(Oc2ccccc2-c2ccccc2)cc(N(N)c2cc(C)cc(Oc3ccccc3-c3ccccc3)c2)c1. The van der Waals surface area contributed by atoms with Gasteiger partial charge in [-0.2, -0.15) is 0 Å². The highest BCUT2D eigenvalue weighted by molar-refractivity contribution is 5.73. The molecule has 0 saturated heterocycles. The monoisotopic (exact) mass is 548 g/mol. The minimum Gasteiger partial charge on any atom is -0.457 e. The largest absolute Gasteiger partial charge is 0.457 e. The van der Waals surface area contributed by atoms with Crippen LogP contribution >= 0.6 is 0 Å². The Morgan fingerprint density at radius 3 is 1.26 bits per heavy atom. The number of hydrogen-bond donors (Lipinski definition) is 1. The van der Waals surface area contributed by atoms with E-state index in [0.717, 1.165) is 56.3 Å². The van der Waals surface area contributed by atoms with Gasteiger partial charge in [0.05, 0.1) is 11.4 Å². The Kier molecular flexibility index (Phi) is 7.71. The van der Waals surface area contributed by atoms with Crippen LogP contribution in [0.4, 0.5) is 11.4 Å². The molecule has 0 heterocycles. The summed E-state index contributed by atoms with van der Waals surface area (Å²) < 4.78 is 12.9. The summed E-state index contributed by atoms with van der Waals surface area (Å²) in [5.74, 6) is 9.74. The van der Waals surface area contributed by atoms with Gasteiger partial charge in [0.2, 0.25) is 0 Å². The molecule has 4 heteroatoms. The van der Waals surface area contributed by atoms with Crippen molar-refractivity contribution in [2.45, 2.75) is 13.8 Å². The highest BCUT2D eigenvalue weighted by Gasteiger charge is 2.14. The van der Waals surface area contributed by atoms with Crippen molar-refractivity contribution >= 4 is 11.4 Å². The highest BCUT2D eigenvalue weighted by atomic mass is 16.5. The van der Waals surface area contributed by atoms with Crippen molar-refractivity contribution in [1.29, 1.82) is 0 Å². The summed E-state index contributed by atoms with van der Waals surface area (Å²) in [5, 5.41) is 1.67. The summed E-state index contributed by atoms with van der Waals surface area (Å²) in [4.78, 5) is 0. The lowest BCUT2D eigenvalue weighted by Crippen LogP contribution is -2.25. The van der Waals surface area contributed by atoms with Crippen LogP contribution in [0.25, 0.3) is 22.3 Å². The van der Waals surface area contributed by atoms with Gasteiger partial charge in [0.1, 0.15) is 23.0 Å².